The van der Waals surface area contributed by atoms with Crippen LogP contribution in [0.2, 0.25) is 0 Å². The minimum atomic E-state index is -0.0537. The van der Waals surface area contributed by atoms with Gasteiger partial charge in [-0.25, -0.2) is 4.98 Å². The highest BCUT2D eigenvalue weighted by Gasteiger charge is 2.26. The number of carbonyl (C=O) groups excluding carboxylic acids is 1. The van der Waals surface area contributed by atoms with Crippen LogP contribution in [0.25, 0.3) is 11.1 Å². The lowest BCUT2D eigenvalue weighted by Gasteiger charge is -2.24. The molecule has 1 N–H and O–H groups in total. The van der Waals surface area contributed by atoms with Gasteiger partial charge < -0.3 is 14.5 Å². The molecule has 23 heavy (non-hydrogen) atoms. The normalized spacial score (nSPS) is 16.6. The molecule has 1 aromatic carbocycles. The third-order valence-corrected chi connectivity index (χ3v) is 4.32. The van der Waals surface area contributed by atoms with Crippen molar-refractivity contribution in [2.24, 2.45) is 0 Å². The van der Waals surface area contributed by atoms with Gasteiger partial charge in [0.25, 0.3) is 0 Å². The van der Waals surface area contributed by atoms with Crippen LogP contribution in [0.15, 0.2) is 22.6 Å². The summed E-state index contributed by atoms with van der Waals surface area (Å²) in [6.07, 6.45) is 3.17. The second-order valence-corrected chi connectivity index (χ2v) is 5.83. The zero-order valence-electron chi connectivity index (χ0n) is 13.7. The number of methoxy groups -OCH3 is 1. The number of nitrogens with zero attached hydrogens (tertiary/aromatic N) is 2. The molecule has 1 atom stereocenters. The first-order valence-electron chi connectivity index (χ1n) is 8.16. The number of hydrogen-bond donors (Lipinski definition) is 1. The summed E-state index contributed by atoms with van der Waals surface area (Å²) in [5.41, 5.74) is 1.43. The first kappa shape index (κ1) is 15.8. The van der Waals surface area contributed by atoms with E-state index >= 15 is 0 Å². The molecule has 3 rings (SSSR count). The van der Waals surface area contributed by atoms with Gasteiger partial charge in [-0.2, -0.15) is 0 Å². The van der Waals surface area contributed by atoms with Crippen molar-refractivity contribution >= 4 is 17.0 Å². The molecular formula is C17H23N3O3. The van der Waals surface area contributed by atoms with Crippen LogP contribution in [0.1, 0.15) is 32.1 Å². The van der Waals surface area contributed by atoms with E-state index < -0.39 is 0 Å². The van der Waals surface area contributed by atoms with Crippen molar-refractivity contribution in [2.45, 2.75) is 38.8 Å². The molecule has 1 fully saturated rings. The fourth-order valence-corrected chi connectivity index (χ4v) is 3.10. The van der Waals surface area contributed by atoms with Gasteiger partial charge in [-0.15, -0.1) is 0 Å². The Hall–Kier alpha value is -2.08. The summed E-state index contributed by atoms with van der Waals surface area (Å²) in [5, 5.41) is 2.95. The molecule has 0 radical (unpaired) electrons. The largest absolute Gasteiger partial charge is 0.497 e. The van der Waals surface area contributed by atoms with Gasteiger partial charge in [0.1, 0.15) is 11.3 Å². The van der Waals surface area contributed by atoms with E-state index in [1.807, 2.05) is 25.1 Å². The summed E-state index contributed by atoms with van der Waals surface area (Å²) in [7, 11) is 1.62. The van der Waals surface area contributed by atoms with Crippen molar-refractivity contribution in [1.82, 2.24) is 15.2 Å². The highest BCUT2D eigenvalue weighted by Crippen LogP contribution is 2.21. The summed E-state index contributed by atoms with van der Waals surface area (Å²) >= 11 is 0. The number of amides is 1. The molecule has 124 valence electrons. The molecule has 1 saturated heterocycles. The van der Waals surface area contributed by atoms with Crippen LogP contribution in [0, 0.1) is 0 Å². The number of ether oxygens (including phenoxy) is 1. The van der Waals surface area contributed by atoms with Crippen LogP contribution in [-0.2, 0) is 11.3 Å². The van der Waals surface area contributed by atoms with Gasteiger partial charge in [0.2, 0.25) is 11.8 Å². The molecule has 1 amide bonds. The molecule has 2 heterocycles. The van der Waals surface area contributed by atoms with E-state index in [0.717, 1.165) is 30.8 Å². The predicted molar refractivity (Wildman–Crippen MR) is 87.3 cm³/mol. The highest BCUT2D eigenvalue weighted by atomic mass is 16.5. The minimum absolute atomic E-state index is 0.0502. The van der Waals surface area contributed by atoms with Crippen LogP contribution in [-0.4, -0.2) is 42.0 Å². The lowest BCUT2D eigenvalue weighted by Crippen LogP contribution is -2.45. The van der Waals surface area contributed by atoms with Crippen molar-refractivity contribution in [3.8, 4) is 5.75 Å². The Bertz CT molecular complexity index is 677. The third kappa shape index (κ3) is 3.47. The zero-order valence-corrected chi connectivity index (χ0v) is 13.7. The Morgan fingerprint density at radius 2 is 2.22 bits per heavy atom. The average molecular weight is 317 g/mol. The molecule has 2 aromatic rings. The predicted octanol–water partition coefficient (Wildman–Crippen LogP) is 2.33. The van der Waals surface area contributed by atoms with Crippen molar-refractivity contribution in [3.05, 3.63) is 24.1 Å². The van der Waals surface area contributed by atoms with E-state index in [0.29, 0.717) is 18.0 Å². The second-order valence-electron chi connectivity index (χ2n) is 5.83. The SMILES string of the molecule is CC[C@@H](C(=O)NCc1nc2cc(OC)ccc2o1)N1CCCC1. The van der Waals surface area contributed by atoms with Crippen molar-refractivity contribution < 1.29 is 13.9 Å². The Labute approximate surface area is 135 Å². The van der Waals surface area contributed by atoms with Crippen LogP contribution in [0.4, 0.5) is 0 Å². The van der Waals surface area contributed by atoms with Gasteiger partial charge in [0.15, 0.2) is 5.58 Å². The molecule has 0 saturated carbocycles. The summed E-state index contributed by atoms with van der Waals surface area (Å²) in [6, 6.07) is 5.42. The number of likely N-dealkylation sites (tertiary alicyclic amines) is 1. The van der Waals surface area contributed by atoms with Gasteiger partial charge in [-0.05, 0) is 44.5 Å². The molecule has 0 spiro atoms. The van der Waals surface area contributed by atoms with E-state index in [-0.39, 0.29) is 11.9 Å². The molecule has 1 aliphatic heterocycles. The fraction of sp³-hybridized carbons (Fsp3) is 0.529. The van der Waals surface area contributed by atoms with Gasteiger partial charge in [0, 0.05) is 6.07 Å². The van der Waals surface area contributed by atoms with Gasteiger partial charge in [-0.3, -0.25) is 9.69 Å². The number of carbonyl (C=O) groups is 1. The van der Waals surface area contributed by atoms with Crippen LogP contribution in [0.3, 0.4) is 0 Å². The molecule has 6 heteroatoms. The molecule has 1 aliphatic rings. The Kier molecular flexibility index (Phi) is 4.81. The molecule has 1 aromatic heterocycles. The number of oxazole rings is 1. The molecule has 6 nitrogen and oxygen atoms in total. The number of nitrogens with one attached hydrogen (secondary N) is 1. The first-order valence-corrected chi connectivity index (χ1v) is 8.16. The van der Waals surface area contributed by atoms with Gasteiger partial charge in [-0.1, -0.05) is 6.92 Å². The Morgan fingerprint density at radius 3 is 2.91 bits per heavy atom. The molecule has 0 bridgehead atoms. The van der Waals surface area contributed by atoms with Crippen LogP contribution >= 0.6 is 0 Å². The lowest BCUT2D eigenvalue weighted by molar-refractivity contribution is -0.126. The number of rotatable bonds is 6. The fourth-order valence-electron chi connectivity index (χ4n) is 3.10. The van der Waals surface area contributed by atoms with E-state index in [1.54, 1.807) is 7.11 Å². The zero-order chi connectivity index (χ0) is 16.2. The molecular weight excluding hydrogens is 294 g/mol. The van der Waals surface area contributed by atoms with E-state index in [2.05, 4.69) is 15.2 Å². The van der Waals surface area contributed by atoms with E-state index in [4.69, 9.17) is 9.15 Å². The molecule has 0 unspecified atom stereocenters. The Morgan fingerprint density at radius 1 is 1.43 bits per heavy atom. The topological polar surface area (TPSA) is 67.6 Å². The maximum atomic E-state index is 12.4. The smallest absolute Gasteiger partial charge is 0.237 e. The lowest BCUT2D eigenvalue weighted by atomic mass is 10.2. The van der Waals surface area contributed by atoms with Crippen molar-refractivity contribution in [1.29, 1.82) is 0 Å². The van der Waals surface area contributed by atoms with Crippen molar-refractivity contribution in [3.63, 3.8) is 0 Å². The van der Waals surface area contributed by atoms with Crippen LogP contribution in [0.5, 0.6) is 5.75 Å². The maximum absolute atomic E-state index is 12.4. The summed E-state index contributed by atoms with van der Waals surface area (Å²) < 4.78 is 10.8. The standard InChI is InChI=1S/C17H23N3O3/c1-3-14(20-8-4-5-9-20)17(21)18-11-16-19-13-10-12(22-2)6-7-15(13)23-16/h6-7,10,14H,3-5,8-9,11H2,1-2H3,(H,18,21)/t14-/m0/s1. The second kappa shape index (κ2) is 7.00. The number of fused-ring (bicyclic) bond motifs is 1. The summed E-state index contributed by atoms with van der Waals surface area (Å²) in [4.78, 5) is 19.1. The number of benzene rings is 1. The quantitative estimate of drug-likeness (QED) is 0.885. The monoisotopic (exact) mass is 317 g/mol. The maximum Gasteiger partial charge on any atom is 0.237 e. The van der Waals surface area contributed by atoms with Crippen LogP contribution < -0.4 is 10.1 Å². The van der Waals surface area contributed by atoms with E-state index in [9.17, 15) is 4.79 Å². The Balaban J connectivity index is 1.63. The summed E-state index contributed by atoms with van der Waals surface area (Å²) in [5.74, 6) is 1.30. The van der Waals surface area contributed by atoms with Gasteiger partial charge in [0.05, 0.1) is 19.7 Å². The summed E-state index contributed by atoms with van der Waals surface area (Å²) in [6.45, 7) is 4.37. The van der Waals surface area contributed by atoms with Crippen molar-refractivity contribution in [2.75, 3.05) is 20.2 Å². The molecule has 0 aliphatic carbocycles. The first-order chi connectivity index (χ1) is 11.2. The minimum Gasteiger partial charge on any atom is -0.497 e. The number of hydrogen-bond acceptors (Lipinski definition) is 5. The third-order valence-electron chi connectivity index (χ3n) is 4.32. The number of aromatic nitrogens is 1. The average Bonchev–Trinajstić information content (AvgIpc) is 3.22. The van der Waals surface area contributed by atoms with Gasteiger partial charge >= 0.3 is 0 Å². The highest BCUT2D eigenvalue weighted by molar-refractivity contribution is 5.81. The van der Waals surface area contributed by atoms with E-state index in [1.165, 1.54) is 12.8 Å².